The first-order valence-corrected chi connectivity index (χ1v) is 7.81. The van der Waals surface area contributed by atoms with E-state index < -0.39 is 0 Å². The quantitative estimate of drug-likeness (QED) is 0.909. The lowest BCUT2D eigenvalue weighted by Crippen LogP contribution is -2.49. The maximum atomic E-state index is 5.94. The maximum absolute atomic E-state index is 5.94. The van der Waals surface area contributed by atoms with Gasteiger partial charge >= 0.3 is 0 Å². The summed E-state index contributed by atoms with van der Waals surface area (Å²) in [6.45, 7) is 8.85. The molecule has 1 aromatic heterocycles. The van der Waals surface area contributed by atoms with E-state index in [0.717, 1.165) is 37.8 Å². The minimum atomic E-state index is 0.554. The fourth-order valence-corrected chi connectivity index (χ4v) is 2.81. The molecule has 1 saturated heterocycles. The molecule has 20 heavy (non-hydrogen) atoms. The number of nitrogens with two attached hydrogens (primary N) is 1. The van der Waals surface area contributed by atoms with Crippen molar-refractivity contribution >= 4 is 11.6 Å². The van der Waals surface area contributed by atoms with Crippen molar-refractivity contribution in [3.63, 3.8) is 0 Å². The van der Waals surface area contributed by atoms with E-state index in [4.69, 9.17) is 10.7 Å². The molecule has 1 aliphatic carbocycles. The van der Waals surface area contributed by atoms with Crippen LogP contribution in [0.25, 0.3) is 0 Å². The first-order chi connectivity index (χ1) is 9.67. The maximum Gasteiger partial charge on any atom is 0.136 e. The zero-order valence-electron chi connectivity index (χ0n) is 12.5. The average molecular weight is 275 g/mol. The van der Waals surface area contributed by atoms with E-state index in [1.807, 2.05) is 6.07 Å². The highest BCUT2D eigenvalue weighted by atomic mass is 15.3. The second-order valence-corrected chi connectivity index (χ2v) is 6.06. The molecule has 2 N–H and O–H groups in total. The number of anilines is 2. The fourth-order valence-electron chi connectivity index (χ4n) is 2.81. The van der Waals surface area contributed by atoms with E-state index in [1.54, 1.807) is 0 Å². The summed E-state index contributed by atoms with van der Waals surface area (Å²) < 4.78 is 0. The third-order valence-corrected chi connectivity index (χ3v) is 4.54. The monoisotopic (exact) mass is 275 g/mol. The van der Waals surface area contributed by atoms with Crippen LogP contribution in [-0.2, 0) is 0 Å². The van der Waals surface area contributed by atoms with E-state index in [9.17, 15) is 0 Å². The van der Waals surface area contributed by atoms with Crippen LogP contribution in [0.3, 0.4) is 0 Å². The van der Waals surface area contributed by atoms with Crippen LogP contribution in [-0.4, -0.2) is 47.1 Å². The first kappa shape index (κ1) is 13.6. The summed E-state index contributed by atoms with van der Waals surface area (Å²) in [5, 5.41) is 0. The predicted molar refractivity (Wildman–Crippen MR) is 82.0 cm³/mol. The molecule has 0 radical (unpaired) electrons. The Hall–Kier alpha value is -1.36. The third kappa shape index (κ3) is 2.87. The second-order valence-electron chi connectivity index (χ2n) is 6.06. The molecule has 2 fully saturated rings. The largest absolute Gasteiger partial charge is 0.384 e. The topological polar surface area (TPSA) is 58.3 Å². The number of nitrogen functional groups attached to an aromatic ring is 1. The summed E-state index contributed by atoms with van der Waals surface area (Å²) in [5.74, 6) is 3.13. The summed E-state index contributed by atoms with van der Waals surface area (Å²) in [5.41, 5.74) is 5.94. The zero-order chi connectivity index (χ0) is 14.1. The van der Waals surface area contributed by atoms with Crippen LogP contribution in [0.5, 0.6) is 0 Å². The molecule has 0 spiro atoms. The summed E-state index contributed by atoms with van der Waals surface area (Å²) >= 11 is 0. The summed E-state index contributed by atoms with van der Waals surface area (Å²) in [4.78, 5) is 14.0. The van der Waals surface area contributed by atoms with E-state index in [1.165, 1.54) is 19.3 Å². The lowest BCUT2D eigenvalue weighted by molar-refractivity contribution is 0.192. The minimum absolute atomic E-state index is 0.554. The van der Waals surface area contributed by atoms with Gasteiger partial charge in [-0.25, -0.2) is 9.97 Å². The van der Waals surface area contributed by atoms with Crippen LogP contribution < -0.4 is 10.6 Å². The molecule has 2 aliphatic rings. The van der Waals surface area contributed by atoms with Crippen LogP contribution in [0.15, 0.2) is 6.07 Å². The minimum Gasteiger partial charge on any atom is -0.384 e. The van der Waals surface area contributed by atoms with Crippen LogP contribution in [0.2, 0.25) is 0 Å². The average Bonchev–Trinajstić information content (AvgIpc) is 3.30. The van der Waals surface area contributed by atoms with Crippen molar-refractivity contribution < 1.29 is 0 Å². The molecule has 2 heterocycles. The molecular formula is C15H25N5. The number of hydrogen-bond donors (Lipinski definition) is 1. The van der Waals surface area contributed by atoms with Gasteiger partial charge in [0.25, 0.3) is 0 Å². The van der Waals surface area contributed by atoms with E-state index in [2.05, 4.69) is 28.6 Å². The van der Waals surface area contributed by atoms with Crippen molar-refractivity contribution in [2.24, 2.45) is 0 Å². The van der Waals surface area contributed by atoms with E-state index in [-0.39, 0.29) is 0 Å². The van der Waals surface area contributed by atoms with Crippen molar-refractivity contribution in [2.45, 2.75) is 45.1 Å². The van der Waals surface area contributed by atoms with Gasteiger partial charge in [0.1, 0.15) is 17.5 Å². The summed E-state index contributed by atoms with van der Waals surface area (Å²) in [7, 11) is 0. The van der Waals surface area contributed by atoms with Crippen LogP contribution in [0, 0.1) is 0 Å². The highest BCUT2D eigenvalue weighted by Gasteiger charge is 2.28. The second kappa shape index (κ2) is 5.56. The molecule has 1 aromatic rings. The highest BCUT2D eigenvalue weighted by molar-refractivity contribution is 5.48. The SMILES string of the molecule is CCC(C)N1CCN(c2cc(N)nc(C3CC3)n2)CC1. The van der Waals surface area contributed by atoms with Crippen LogP contribution in [0.1, 0.15) is 44.9 Å². The molecular weight excluding hydrogens is 250 g/mol. The molecule has 5 heteroatoms. The Morgan fingerprint density at radius 2 is 1.95 bits per heavy atom. The Morgan fingerprint density at radius 3 is 2.55 bits per heavy atom. The van der Waals surface area contributed by atoms with Gasteiger partial charge in [-0.2, -0.15) is 0 Å². The molecule has 1 saturated carbocycles. The van der Waals surface area contributed by atoms with Gasteiger partial charge in [-0.05, 0) is 26.2 Å². The number of aromatic nitrogens is 2. The molecule has 1 unspecified atom stereocenters. The van der Waals surface area contributed by atoms with E-state index in [0.29, 0.717) is 17.8 Å². The number of nitrogens with zero attached hydrogens (tertiary/aromatic N) is 4. The van der Waals surface area contributed by atoms with Gasteiger partial charge < -0.3 is 10.6 Å². The normalized spacial score (nSPS) is 22.0. The molecule has 0 aromatic carbocycles. The van der Waals surface area contributed by atoms with Crippen LogP contribution >= 0.6 is 0 Å². The van der Waals surface area contributed by atoms with Crippen molar-refractivity contribution in [1.82, 2.24) is 14.9 Å². The molecule has 0 bridgehead atoms. The molecule has 1 atom stereocenters. The standard InChI is InChI=1S/C15H25N5/c1-3-11(2)19-6-8-20(9-7-19)14-10-13(16)17-15(18-14)12-4-5-12/h10-12H,3-9H2,1-2H3,(H2,16,17,18). The lowest BCUT2D eigenvalue weighted by atomic mass is 10.2. The van der Waals surface area contributed by atoms with Crippen molar-refractivity contribution in [3.05, 3.63) is 11.9 Å². The first-order valence-electron chi connectivity index (χ1n) is 7.81. The molecule has 110 valence electrons. The van der Waals surface area contributed by atoms with Gasteiger partial charge in [-0.3, -0.25) is 4.90 Å². The van der Waals surface area contributed by atoms with Gasteiger partial charge in [-0.1, -0.05) is 6.92 Å². The summed E-state index contributed by atoms with van der Waals surface area (Å²) in [6, 6.07) is 2.60. The Kier molecular flexibility index (Phi) is 3.78. The molecule has 0 amide bonds. The van der Waals surface area contributed by atoms with E-state index >= 15 is 0 Å². The van der Waals surface area contributed by atoms with Gasteiger partial charge in [0.05, 0.1) is 0 Å². The van der Waals surface area contributed by atoms with Gasteiger partial charge in [0.2, 0.25) is 0 Å². The zero-order valence-corrected chi connectivity index (χ0v) is 12.5. The van der Waals surface area contributed by atoms with Crippen LogP contribution in [0.4, 0.5) is 11.6 Å². The smallest absolute Gasteiger partial charge is 0.136 e. The molecule has 3 rings (SSSR count). The number of hydrogen-bond acceptors (Lipinski definition) is 5. The lowest BCUT2D eigenvalue weighted by Gasteiger charge is -2.38. The Labute approximate surface area is 121 Å². The molecule has 5 nitrogen and oxygen atoms in total. The Morgan fingerprint density at radius 1 is 1.25 bits per heavy atom. The van der Waals surface area contributed by atoms with Gasteiger partial charge in [-0.15, -0.1) is 0 Å². The van der Waals surface area contributed by atoms with Crippen molar-refractivity contribution in [2.75, 3.05) is 36.8 Å². The van der Waals surface area contributed by atoms with Gasteiger partial charge in [0.15, 0.2) is 0 Å². The van der Waals surface area contributed by atoms with Gasteiger partial charge in [0, 0.05) is 44.2 Å². The fraction of sp³-hybridized carbons (Fsp3) is 0.733. The Bertz CT molecular complexity index is 463. The molecule has 1 aliphatic heterocycles. The number of piperazine rings is 1. The van der Waals surface area contributed by atoms with Crippen molar-refractivity contribution in [1.29, 1.82) is 0 Å². The highest BCUT2D eigenvalue weighted by Crippen LogP contribution is 2.38. The number of rotatable bonds is 4. The third-order valence-electron chi connectivity index (χ3n) is 4.54. The predicted octanol–water partition coefficient (Wildman–Crippen LogP) is 1.86. The van der Waals surface area contributed by atoms with Crippen molar-refractivity contribution in [3.8, 4) is 0 Å². The Balaban J connectivity index is 1.68. The summed E-state index contributed by atoms with van der Waals surface area (Å²) in [6.07, 6.45) is 3.64.